The molecule has 0 bridgehead atoms. The van der Waals surface area contributed by atoms with E-state index in [4.69, 9.17) is 5.73 Å². The fraction of sp³-hybridized carbons (Fsp3) is 0.750. The van der Waals surface area contributed by atoms with Crippen LogP contribution >= 0.6 is 0 Å². The quantitative estimate of drug-likeness (QED) is 0.823. The lowest BCUT2D eigenvalue weighted by atomic mass is 9.92. The Labute approximate surface area is 91.7 Å². The molecule has 1 aliphatic rings. The predicted octanol–water partition coefficient (Wildman–Crippen LogP) is 2.34. The molecule has 1 aliphatic carbocycles. The van der Waals surface area contributed by atoms with E-state index in [9.17, 15) is 0 Å². The first-order valence-corrected chi connectivity index (χ1v) is 5.81. The molecule has 2 rings (SSSR count). The van der Waals surface area contributed by atoms with Gasteiger partial charge in [-0.25, -0.2) is 4.98 Å². The SMILES string of the molecule is CC(C)C1(Cn2cncc2[C@@H](C)N)CC1. The van der Waals surface area contributed by atoms with Gasteiger partial charge in [-0.05, 0) is 31.1 Å². The van der Waals surface area contributed by atoms with Gasteiger partial charge in [-0.1, -0.05) is 13.8 Å². The Hall–Kier alpha value is -0.830. The molecule has 0 radical (unpaired) electrons. The highest BCUT2D eigenvalue weighted by Gasteiger charge is 2.45. The smallest absolute Gasteiger partial charge is 0.0948 e. The summed E-state index contributed by atoms with van der Waals surface area (Å²) >= 11 is 0. The van der Waals surface area contributed by atoms with Crippen LogP contribution in [0.1, 0.15) is 45.3 Å². The summed E-state index contributed by atoms with van der Waals surface area (Å²) in [5.41, 5.74) is 7.59. The van der Waals surface area contributed by atoms with Crippen LogP contribution in [0, 0.1) is 11.3 Å². The molecule has 3 heteroatoms. The first-order valence-electron chi connectivity index (χ1n) is 5.81. The Morgan fingerprint density at radius 3 is 2.60 bits per heavy atom. The number of nitrogens with two attached hydrogens (primary N) is 1. The molecule has 1 aromatic rings. The van der Waals surface area contributed by atoms with Gasteiger partial charge in [0.05, 0.1) is 12.0 Å². The Morgan fingerprint density at radius 1 is 1.47 bits per heavy atom. The molecule has 1 aromatic heterocycles. The summed E-state index contributed by atoms with van der Waals surface area (Å²) in [5.74, 6) is 0.751. The number of hydrogen-bond acceptors (Lipinski definition) is 2. The third-order valence-electron chi connectivity index (χ3n) is 3.81. The van der Waals surface area contributed by atoms with E-state index < -0.39 is 0 Å². The van der Waals surface area contributed by atoms with E-state index in [-0.39, 0.29) is 6.04 Å². The highest BCUT2D eigenvalue weighted by atomic mass is 15.1. The van der Waals surface area contributed by atoms with Crippen LogP contribution in [0.25, 0.3) is 0 Å². The number of aromatic nitrogens is 2. The van der Waals surface area contributed by atoms with Gasteiger partial charge in [-0.15, -0.1) is 0 Å². The lowest BCUT2D eigenvalue weighted by molar-refractivity contribution is 0.304. The number of imidazole rings is 1. The molecule has 0 aliphatic heterocycles. The van der Waals surface area contributed by atoms with Crippen molar-refractivity contribution in [2.75, 3.05) is 0 Å². The van der Waals surface area contributed by atoms with Gasteiger partial charge in [0.15, 0.2) is 0 Å². The van der Waals surface area contributed by atoms with Crippen LogP contribution in [0.2, 0.25) is 0 Å². The molecule has 0 unspecified atom stereocenters. The summed E-state index contributed by atoms with van der Waals surface area (Å²) in [5, 5.41) is 0. The van der Waals surface area contributed by atoms with E-state index in [1.807, 2.05) is 19.4 Å². The van der Waals surface area contributed by atoms with Crippen molar-refractivity contribution in [1.82, 2.24) is 9.55 Å². The van der Waals surface area contributed by atoms with Crippen LogP contribution in [0.4, 0.5) is 0 Å². The maximum absolute atomic E-state index is 5.91. The normalized spacial score (nSPS) is 20.6. The molecule has 84 valence electrons. The second kappa shape index (κ2) is 3.63. The average molecular weight is 207 g/mol. The minimum atomic E-state index is 0.0791. The molecule has 2 N–H and O–H groups in total. The van der Waals surface area contributed by atoms with Crippen LogP contribution in [-0.4, -0.2) is 9.55 Å². The van der Waals surface area contributed by atoms with E-state index in [0.29, 0.717) is 5.41 Å². The van der Waals surface area contributed by atoms with Crippen LogP contribution in [0.5, 0.6) is 0 Å². The highest BCUT2D eigenvalue weighted by Crippen LogP contribution is 2.53. The monoisotopic (exact) mass is 207 g/mol. The summed E-state index contributed by atoms with van der Waals surface area (Å²) in [4.78, 5) is 4.20. The van der Waals surface area contributed by atoms with E-state index in [1.54, 1.807) is 0 Å². The summed E-state index contributed by atoms with van der Waals surface area (Å²) < 4.78 is 2.23. The van der Waals surface area contributed by atoms with Crippen molar-refractivity contribution in [2.24, 2.45) is 17.1 Å². The summed E-state index contributed by atoms with van der Waals surface area (Å²) in [6.45, 7) is 7.73. The Morgan fingerprint density at radius 2 is 2.13 bits per heavy atom. The van der Waals surface area contributed by atoms with Crippen molar-refractivity contribution < 1.29 is 0 Å². The molecule has 0 aromatic carbocycles. The zero-order valence-corrected chi connectivity index (χ0v) is 9.90. The lowest BCUT2D eigenvalue weighted by Crippen LogP contribution is -2.20. The van der Waals surface area contributed by atoms with Gasteiger partial charge >= 0.3 is 0 Å². The molecule has 1 fully saturated rings. The van der Waals surface area contributed by atoms with Gasteiger partial charge in [-0.3, -0.25) is 0 Å². The highest BCUT2D eigenvalue weighted by molar-refractivity contribution is 5.06. The first kappa shape index (κ1) is 10.7. The van der Waals surface area contributed by atoms with Crippen LogP contribution < -0.4 is 5.73 Å². The topological polar surface area (TPSA) is 43.8 Å². The van der Waals surface area contributed by atoms with E-state index in [1.165, 1.54) is 12.8 Å². The Kier molecular flexibility index (Phi) is 2.59. The second-order valence-corrected chi connectivity index (χ2v) is 5.25. The summed E-state index contributed by atoms with van der Waals surface area (Å²) in [7, 11) is 0. The van der Waals surface area contributed by atoms with Crippen molar-refractivity contribution >= 4 is 0 Å². The maximum Gasteiger partial charge on any atom is 0.0948 e. The number of nitrogens with zero attached hydrogens (tertiary/aromatic N) is 2. The van der Waals surface area contributed by atoms with Crippen molar-refractivity contribution in [3.8, 4) is 0 Å². The van der Waals surface area contributed by atoms with E-state index >= 15 is 0 Å². The average Bonchev–Trinajstić information content (AvgIpc) is 2.77. The van der Waals surface area contributed by atoms with Gasteiger partial charge in [-0.2, -0.15) is 0 Å². The van der Waals surface area contributed by atoms with Gasteiger partial charge in [0.1, 0.15) is 0 Å². The second-order valence-electron chi connectivity index (χ2n) is 5.25. The van der Waals surface area contributed by atoms with Gasteiger partial charge in [0, 0.05) is 18.8 Å². The summed E-state index contributed by atoms with van der Waals surface area (Å²) in [6, 6.07) is 0.0791. The van der Waals surface area contributed by atoms with Crippen LogP contribution in [0.15, 0.2) is 12.5 Å². The molecule has 1 saturated carbocycles. The predicted molar refractivity (Wildman–Crippen MR) is 61.3 cm³/mol. The maximum atomic E-state index is 5.91. The van der Waals surface area contributed by atoms with Crippen LogP contribution in [0.3, 0.4) is 0 Å². The molecule has 15 heavy (non-hydrogen) atoms. The fourth-order valence-electron chi connectivity index (χ4n) is 2.26. The summed E-state index contributed by atoms with van der Waals surface area (Å²) in [6.07, 6.45) is 6.50. The minimum absolute atomic E-state index is 0.0791. The van der Waals surface area contributed by atoms with Crippen LogP contribution in [-0.2, 0) is 6.54 Å². The molecular formula is C12H21N3. The zero-order valence-electron chi connectivity index (χ0n) is 9.90. The fourth-order valence-corrected chi connectivity index (χ4v) is 2.26. The number of hydrogen-bond donors (Lipinski definition) is 1. The molecule has 0 spiro atoms. The number of rotatable bonds is 4. The largest absolute Gasteiger partial charge is 0.333 e. The van der Waals surface area contributed by atoms with Gasteiger partial charge in [0.2, 0.25) is 0 Å². The van der Waals surface area contributed by atoms with E-state index in [0.717, 1.165) is 18.2 Å². The molecule has 1 heterocycles. The zero-order chi connectivity index (χ0) is 11.1. The molecular weight excluding hydrogens is 186 g/mol. The third-order valence-corrected chi connectivity index (χ3v) is 3.81. The van der Waals surface area contributed by atoms with E-state index in [2.05, 4.69) is 23.4 Å². The lowest BCUT2D eigenvalue weighted by Gasteiger charge is -2.22. The van der Waals surface area contributed by atoms with Crippen molar-refractivity contribution in [1.29, 1.82) is 0 Å². The van der Waals surface area contributed by atoms with Crippen molar-refractivity contribution in [2.45, 2.75) is 46.2 Å². The van der Waals surface area contributed by atoms with Gasteiger partial charge < -0.3 is 10.3 Å². The first-order chi connectivity index (χ1) is 7.05. The molecule has 0 saturated heterocycles. The van der Waals surface area contributed by atoms with Crippen molar-refractivity contribution in [3.05, 3.63) is 18.2 Å². The third kappa shape index (κ3) is 1.93. The Balaban J connectivity index is 2.14. The molecule has 3 nitrogen and oxygen atoms in total. The molecule has 0 amide bonds. The molecule has 1 atom stereocenters. The standard InChI is InChI=1S/C12H21N3/c1-9(2)12(4-5-12)7-15-8-14-6-11(15)10(3)13/h6,8-10H,4-5,7,13H2,1-3H3/t10-/m1/s1. The van der Waals surface area contributed by atoms with Gasteiger partial charge in [0.25, 0.3) is 0 Å². The van der Waals surface area contributed by atoms with Crippen molar-refractivity contribution in [3.63, 3.8) is 0 Å². The minimum Gasteiger partial charge on any atom is -0.333 e. The Bertz CT molecular complexity index is 334.